The van der Waals surface area contributed by atoms with Gasteiger partial charge in [-0.2, -0.15) is 0 Å². The first-order chi connectivity index (χ1) is 15.4. The summed E-state index contributed by atoms with van der Waals surface area (Å²) in [5, 5.41) is 4.24. The Balaban J connectivity index is 2.20. The molecule has 0 heterocycles. The van der Waals surface area contributed by atoms with Crippen LogP contribution in [-0.2, 0) is 11.4 Å². The second-order valence-corrected chi connectivity index (χ2v) is 9.17. The van der Waals surface area contributed by atoms with Crippen molar-refractivity contribution < 1.29 is 4.84 Å². The minimum absolute atomic E-state index is 0.532. The van der Waals surface area contributed by atoms with Crippen molar-refractivity contribution in [2.45, 2.75) is 99.5 Å². The predicted molar refractivity (Wildman–Crippen MR) is 142 cm³/mol. The largest absolute Gasteiger partial charge is 0.391 e. The van der Waals surface area contributed by atoms with Gasteiger partial charge in [0.1, 0.15) is 6.61 Å². The zero-order valence-corrected chi connectivity index (χ0v) is 21.4. The minimum atomic E-state index is 0.532. The third-order valence-corrected chi connectivity index (χ3v) is 5.45. The first-order valence-electron chi connectivity index (χ1n) is 12.2. The number of hydrogen-bond donors (Lipinski definition) is 0. The molecule has 0 bridgehead atoms. The molecule has 0 N–H and O–H groups in total. The van der Waals surface area contributed by atoms with Crippen molar-refractivity contribution in [3.63, 3.8) is 0 Å². The van der Waals surface area contributed by atoms with Crippen LogP contribution in [-0.4, -0.2) is 5.71 Å². The van der Waals surface area contributed by atoms with E-state index in [1.165, 1.54) is 35.1 Å². The maximum atomic E-state index is 5.46. The molecule has 32 heavy (non-hydrogen) atoms. The second-order valence-electron chi connectivity index (χ2n) is 9.17. The van der Waals surface area contributed by atoms with Crippen LogP contribution in [0.4, 0.5) is 0 Å². The van der Waals surface area contributed by atoms with Gasteiger partial charge in [0, 0.05) is 0 Å². The molecule has 0 saturated carbocycles. The van der Waals surface area contributed by atoms with Crippen molar-refractivity contribution in [1.29, 1.82) is 0 Å². The number of hydrogen-bond acceptors (Lipinski definition) is 2. The standard InChI is InChI=1S/C30H45NO/c1-25(2)14-10-15-26(3)16-11-17-27(4)18-12-19-28(5)20-13-21-29(6)31-32-24-30-22-8-7-9-23-30/h7-9,14,16,18,20,22-23H,10-13,15,17,19,21,24H2,1-6H3/b26-16+,27-18+,28-20+,31-29+. The summed E-state index contributed by atoms with van der Waals surface area (Å²) in [6.45, 7) is 13.7. The van der Waals surface area contributed by atoms with Gasteiger partial charge in [0.05, 0.1) is 5.71 Å². The molecule has 176 valence electrons. The molecule has 0 spiro atoms. The highest BCUT2D eigenvalue weighted by molar-refractivity contribution is 5.81. The number of benzene rings is 1. The number of rotatable bonds is 15. The molecule has 0 aliphatic carbocycles. The molecule has 0 amide bonds. The molecule has 1 aromatic rings. The molecule has 0 saturated heterocycles. The topological polar surface area (TPSA) is 21.6 Å². The molecule has 0 aliphatic heterocycles. The van der Waals surface area contributed by atoms with Crippen molar-refractivity contribution in [3.8, 4) is 0 Å². The lowest BCUT2D eigenvalue weighted by Crippen LogP contribution is -1.94. The Bertz CT molecular complexity index is 789. The van der Waals surface area contributed by atoms with Crippen LogP contribution in [0.15, 0.2) is 82.1 Å². The molecular weight excluding hydrogens is 390 g/mol. The summed E-state index contributed by atoms with van der Waals surface area (Å²) in [6, 6.07) is 10.2. The molecule has 1 aromatic carbocycles. The van der Waals surface area contributed by atoms with Crippen molar-refractivity contribution in [1.82, 2.24) is 0 Å². The normalized spacial score (nSPS) is 13.3. The van der Waals surface area contributed by atoms with E-state index in [1.54, 1.807) is 0 Å². The third-order valence-electron chi connectivity index (χ3n) is 5.45. The lowest BCUT2D eigenvalue weighted by atomic mass is 10.0. The van der Waals surface area contributed by atoms with Gasteiger partial charge >= 0.3 is 0 Å². The van der Waals surface area contributed by atoms with E-state index in [0.29, 0.717) is 6.61 Å². The van der Waals surface area contributed by atoms with Gasteiger partial charge in [0.15, 0.2) is 0 Å². The molecular formula is C30H45NO. The Morgan fingerprint density at radius 3 is 1.62 bits per heavy atom. The summed E-state index contributed by atoms with van der Waals surface area (Å²) in [6.07, 6.45) is 18.4. The van der Waals surface area contributed by atoms with E-state index in [9.17, 15) is 0 Å². The van der Waals surface area contributed by atoms with Crippen LogP contribution >= 0.6 is 0 Å². The fourth-order valence-electron chi connectivity index (χ4n) is 3.35. The van der Waals surface area contributed by atoms with E-state index in [-0.39, 0.29) is 0 Å². The lowest BCUT2D eigenvalue weighted by molar-refractivity contribution is 0.129. The van der Waals surface area contributed by atoms with E-state index < -0.39 is 0 Å². The van der Waals surface area contributed by atoms with Gasteiger partial charge in [-0.15, -0.1) is 0 Å². The first kappa shape index (κ1) is 27.7. The number of nitrogens with zero attached hydrogens (tertiary/aromatic N) is 1. The molecule has 1 rings (SSSR count). The fraction of sp³-hybridized carbons (Fsp3) is 0.500. The summed E-state index contributed by atoms with van der Waals surface area (Å²) >= 11 is 0. The molecule has 0 atom stereocenters. The summed E-state index contributed by atoms with van der Waals surface area (Å²) in [7, 11) is 0. The average Bonchev–Trinajstić information content (AvgIpc) is 2.74. The zero-order valence-electron chi connectivity index (χ0n) is 21.4. The van der Waals surface area contributed by atoms with Crippen molar-refractivity contribution in [2.24, 2.45) is 5.16 Å². The number of oxime groups is 1. The fourth-order valence-corrected chi connectivity index (χ4v) is 3.35. The van der Waals surface area contributed by atoms with Crippen LogP contribution in [0.2, 0.25) is 0 Å². The van der Waals surface area contributed by atoms with Gasteiger partial charge in [0.2, 0.25) is 0 Å². The summed E-state index contributed by atoms with van der Waals surface area (Å²) in [5.41, 5.74) is 8.08. The zero-order chi connectivity index (χ0) is 23.6. The molecule has 2 nitrogen and oxygen atoms in total. The molecule has 0 radical (unpaired) electrons. The van der Waals surface area contributed by atoms with E-state index in [4.69, 9.17) is 4.84 Å². The number of allylic oxidation sites excluding steroid dienone is 8. The predicted octanol–water partition coefficient (Wildman–Crippen LogP) is 9.50. The van der Waals surface area contributed by atoms with Crippen LogP contribution in [0.5, 0.6) is 0 Å². The van der Waals surface area contributed by atoms with Gasteiger partial charge in [-0.1, -0.05) is 82.1 Å². The van der Waals surface area contributed by atoms with Crippen molar-refractivity contribution in [3.05, 3.63) is 82.5 Å². The van der Waals surface area contributed by atoms with E-state index in [1.807, 2.05) is 25.1 Å². The summed E-state index contributed by atoms with van der Waals surface area (Å²) < 4.78 is 0. The summed E-state index contributed by atoms with van der Waals surface area (Å²) in [5.74, 6) is 0. The molecule has 0 aromatic heterocycles. The minimum Gasteiger partial charge on any atom is -0.391 e. The highest BCUT2D eigenvalue weighted by atomic mass is 16.6. The molecule has 0 fully saturated rings. The van der Waals surface area contributed by atoms with Crippen LogP contribution in [0.3, 0.4) is 0 Å². The van der Waals surface area contributed by atoms with Gasteiger partial charge < -0.3 is 4.84 Å². The van der Waals surface area contributed by atoms with E-state index >= 15 is 0 Å². The second kappa shape index (κ2) is 17.2. The Kier molecular flexibility index (Phi) is 14.9. The highest BCUT2D eigenvalue weighted by Crippen LogP contribution is 2.14. The monoisotopic (exact) mass is 435 g/mol. The highest BCUT2D eigenvalue weighted by Gasteiger charge is 1.96. The Morgan fingerprint density at radius 2 is 1.12 bits per heavy atom. The SMILES string of the molecule is CC(C)=CCC/C(C)=C/CC/C(C)=C/CC/C(C)=C/CC/C(C)=N/OCc1ccccc1. The van der Waals surface area contributed by atoms with Gasteiger partial charge in [-0.05, 0) is 98.5 Å². The Morgan fingerprint density at radius 1 is 0.656 bits per heavy atom. The Hall–Kier alpha value is -2.35. The van der Waals surface area contributed by atoms with Gasteiger partial charge in [-0.25, -0.2) is 0 Å². The van der Waals surface area contributed by atoms with E-state index in [0.717, 1.165) is 49.8 Å². The smallest absolute Gasteiger partial charge is 0.142 e. The molecule has 0 unspecified atom stereocenters. The van der Waals surface area contributed by atoms with E-state index in [2.05, 4.69) is 76.2 Å². The van der Waals surface area contributed by atoms with Gasteiger partial charge in [-0.3, -0.25) is 0 Å². The van der Waals surface area contributed by atoms with Crippen LogP contribution in [0.25, 0.3) is 0 Å². The molecule has 0 aliphatic rings. The Labute approximate surface area is 197 Å². The van der Waals surface area contributed by atoms with Crippen LogP contribution in [0.1, 0.15) is 98.5 Å². The van der Waals surface area contributed by atoms with Crippen molar-refractivity contribution in [2.75, 3.05) is 0 Å². The third kappa shape index (κ3) is 15.5. The molecule has 2 heteroatoms. The van der Waals surface area contributed by atoms with Crippen molar-refractivity contribution >= 4 is 5.71 Å². The first-order valence-corrected chi connectivity index (χ1v) is 12.2. The van der Waals surface area contributed by atoms with Crippen LogP contribution < -0.4 is 0 Å². The summed E-state index contributed by atoms with van der Waals surface area (Å²) in [4.78, 5) is 5.46. The quantitative estimate of drug-likeness (QED) is 0.153. The average molecular weight is 436 g/mol. The maximum Gasteiger partial charge on any atom is 0.142 e. The van der Waals surface area contributed by atoms with Gasteiger partial charge in [0.25, 0.3) is 0 Å². The van der Waals surface area contributed by atoms with Crippen LogP contribution in [0, 0.1) is 0 Å². The lowest BCUT2D eigenvalue weighted by Gasteiger charge is -2.03. The maximum absolute atomic E-state index is 5.46.